The van der Waals surface area contributed by atoms with Gasteiger partial charge < -0.3 is 0 Å². The summed E-state index contributed by atoms with van der Waals surface area (Å²) in [7, 11) is 0. The van der Waals surface area contributed by atoms with E-state index in [1.54, 1.807) is 0 Å². The molecule has 0 aromatic carbocycles. The minimum atomic E-state index is -0.109. The van der Waals surface area contributed by atoms with E-state index < -0.39 is 0 Å². The molecule has 1 aliphatic heterocycles. The van der Waals surface area contributed by atoms with E-state index in [9.17, 15) is 4.79 Å². The Hall–Kier alpha value is -0.610. The minimum absolute atomic E-state index is 0.0859. The number of amides is 1. The number of hydrogen-bond acceptors (Lipinski definition) is 3. The van der Waals surface area contributed by atoms with Crippen LogP contribution >= 0.6 is 0 Å². The zero-order valence-corrected chi connectivity index (χ0v) is 9.29. The van der Waals surface area contributed by atoms with Gasteiger partial charge in [-0.3, -0.25) is 15.1 Å². The van der Waals surface area contributed by atoms with Crippen molar-refractivity contribution in [1.82, 2.24) is 10.3 Å². The predicted molar refractivity (Wildman–Crippen MR) is 56.4 cm³/mol. The number of carbonyl (C=O) groups is 1. The van der Waals surface area contributed by atoms with Crippen molar-refractivity contribution in [3.63, 3.8) is 0 Å². The molecule has 1 amide bonds. The highest BCUT2D eigenvalue weighted by Gasteiger charge is 2.35. The largest absolute Gasteiger partial charge is 0.293 e. The fourth-order valence-corrected chi connectivity index (χ4v) is 2.46. The summed E-state index contributed by atoms with van der Waals surface area (Å²) >= 11 is 0. The maximum absolute atomic E-state index is 11.4. The third-order valence-electron chi connectivity index (χ3n) is 3.29. The molecule has 82 valence electrons. The van der Waals surface area contributed by atoms with Crippen molar-refractivity contribution in [2.24, 2.45) is 5.84 Å². The van der Waals surface area contributed by atoms with Crippen molar-refractivity contribution in [3.8, 4) is 0 Å². The quantitative estimate of drug-likeness (QED) is 0.398. The molecule has 4 nitrogen and oxygen atoms in total. The molecule has 0 spiro atoms. The van der Waals surface area contributed by atoms with E-state index in [-0.39, 0.29) is 11.9 Å². The maximum Gasteiger partial charge on any atom is 0.250 e. The molecule has 3 atom stereocenters. The van der Waals surface area contributed by atoms with Crippen molar-refractivity contribution in [2.75, 3.05) is 0 Å². The van der Waals surface area contributed by atoms with Gasteiger partial charge in [-0.05, 0) is 33.1 Å². The lowest BCUT2D eigenvalue weighted by molar-refractivity contribution is -0.127. The van der Waals surface area contributed by atoms with Gasteiger partial charge in [-0.2, -0.15) is 0 Å². The summed E-state index contributed by atoms with van der Waals surface area (Å²) in [4.78, 5) is 13.7. The second kappa shape index (κ2) is 4.75. The fourth-order valence-electron chi connectivity index (χ4n) is 2.46. The molecule has 0 aliphatic carbocycles. The minimum Gasteiger partial charge on any atom is -0.293 e. The van der Waals surface area contributed by atoms with Crippen LogP contribution in [0.2, 0.25) is 0 Å². The summed E-state index contributed by atoms with van der Waals surface area (Å²) in [6.45, 7) is 6.27. The Kier molecular flexibility index (Phi) is 3.89. The normalized spacial score (nSPS) is 30.3. The Labute approximate surface area is 85.8 Å². The molecule has 0 radical (unpaired) electrons. The lowest BCUT2D eigenvalue weighted by Gasteiger charge is -2.32. The second-order valence-corrected chi connectivity index (χ2v) is 4.12. The van der Waals surface area contributed by atoms with Gasteiger partial charge >= 0.3 is 0 Å². The lowest BCUT2D eigenvalue weighted by atomic mass is 10.1. The number of carbonyl (C=O) groups excluding carboxylic acids is 1. The zero-order chi connectivity index (χ0) is 10.7. The molecule has 3 unspecified atom stereocenters. The molecule has 0 aromatic heterocycles. The van der Waals surface area contributed by atoms with E-state index in [1.807, 2.05) is 6.92 Å². The van der Waals surface area contributed by atoms with Crippen molar-refractivity contribution >= 4 is 5.91 Å². The fraction of sp³-hybridized carbons (Fsp3) is 0.900. The average molecular weight is 199 g/mol. The molecular formula is C10H21N3O. The molecule has 1 aliphatic rings. The molecule has 1 saturated heterocycles. The van der Waals surface area contributed by atoms with Crippen LogP contribution in [0.25, 0.3) is 0 Å². The van der Waals surface area contributed by atoms with Crippen LogP contribution < -0.4 is 11.3 Å². The van der Waals surface area contributed by atoms with E-state index in [0.717, 1.165) is 6.42 Å². The van der Waals surface area contributed by atoms with Gasteiger partial charge in [0.25, 0.3) is 5.91 Å². The Morgan fingerprint density at radius 2 is 2.29 bits per heavy atom. The second-order valence-electron chi connectivity index (χ2n) is 4.12. The van der Waals surface area contributed by atoms with Gasteiger partial charge in [-0.25, -0.2) is 5.84 Å². The molecule has 0 bridgehead atoms. The molecule has 14 heavy (non-hydrogen) atoms. The Balaban J connectivity index is 2.67. The molecule has 0 aromatic rings. The van der Waals surface area contributed by atoms with Gasteiger partial charge in [0.2, 0.25) is 0 Å². The summed E-state index contributed by atoms with van der Waals surface area (Å²) in [5, 5.41) is 0. The number of nitrogens with two attached hydrogens (primary N) is 1. The van der Waals surface area contributed by atoms with Crippen LogP contribution in [0, 0.1) is 0 Å². The van der Waals surface area contributed by atoms with E-state index in [4.69, 9.17) is 5.84 Å². The topological polar surface area (TPSA) is 58.4 Å². The first kappa shape index (κ1) is 11.5. The highest BCUT2D eigenvalue weighted by molar-refractivity contribution is 5.80. The van der Waals surface area contributed by atoms with Crippen LogP contribution in [0.3, 0.4) is 0 Å². The SMILES string of the molecule is CCC1CCC(C)N1C(C)C(=O)NN. The van der Waals surface area contributed by atoms with Crippen molar-refractivity contribution in [3.05, 3.63) is 0 Å². The van der Waals surface area contributed by atoms with Crippen molar-refractivity contribution < 1.29 is 4.79 Å². The van der Waals surface area contributed by atoms with Crippen LogP contribution in [-0.4, -0.2) is 28.9 Å². The first-order valence-electron chi connectivity index (χ1n) is 5.39. The van der Waals surface area contributed by atoms with E-state index in [1.165, 1.54) is 12.8 Å². The molecule has 4 heteroatoms. The number of likely N-dealkylation sites (tertiary alicyclic amines) is 1. The van der Waals surface area contributed by atoms with E-state index >= 15 is 0 Å². The summed E-state index contributed by atoms with van der Waals surface area (Å²) in [6, 6.07) is 0.923. The third-order valence-corrected chi connectivity index (χ3v) is 3.29. The number of rotatable bonds is 3. The van der Waals surface area contributed by atoms with Gasteiger partial charge in [0.15, 0.2) is 0 Å². The number of nitrogens with zero attached hydrogens (tertiary/aromatic N) is 1. The maximum atomic E-state index is 11.4. The highest BCUT2D eigenvalue weighted by Crippen LogP contribution is 2.27. The van der Waals surface area contributed by atoms with E-state index in [2.05, 4.69) is 24.2 Å². The van der Waals surface area contributed by atoms with Crippen molar-refractivity contribution in [2.45, 2.75) is 58.2 Å². The summed E-state index contributed by atoms with van der Waals surface area (Å²) in [6.07, 6.45) is 3.48. The van der Waals surface area contributed by atoms with Gasteiger partial charge in [0.05, 0.1) is 6.04 Å². The number of hydrogen-bond donors (Lipinski definition) is 2. The van der Waals surface area contributed by atoms with Crippen LogP contribution in [0.15, 0.2) is 0 Å². The summed E-state index contributed by atoms with van der Waals surface area (Å²) < 4.78 is 0. The molecule has 1 heterocycles. The molecular weight excluding hydrogens is 178 g/mol. The van der Waals surface area contributed by atoms with Crippen LogP contribution in [0.1, 0.15) is 40.0 Å². The first-order valence-corrected chi connectivity index (χ1v) is 5.39. The Morgan fingerprint density at radius 1 is 1.64 bits per heavy atom. The highest BCUT2D eigenvalue weighted by atomic mass is 16.2. The van der Waals surface area contributed by atoms with Crippen LogP contribution in [0.4, 0.5) is 0 Å². The number of nitrogens with one attached hydrogen (secondary N) is 1. The Morgan fingerprint density at radius 3 is 2.79 bits per heavy atom. The van der Waals surface area contributed by atoms with Crippen LogP contribution in [0.5, 0.6) is 0 Å². The van der Waals surface area contributed by atoms with Gasteiger partial charge in [0, 0.05) is 12.1 Å². The molecule has 1 rings (SSSR count). The van der Waals surface area contributed by atoms with E-state index in [0.29, 0.717) is 12.1 Å². The van der Waals surface area contributed by atoms with Crippen LogP contribution in [-0.2, 0) is 4.79 Å². The Bertz CT molecular complexity index is 208. The first-order chi connectivity index (χ1) is 6.61. The van der Waals surface area contributed by atoms with Crippen molar-refractivity contribution in [1.29, 1.82) is 0 Å². The molecule has 3 N–H and O–H groups in total. The average Bonchev–Trinajstić information content (AvgIpc) is 2.57. The van der Waals surface area contributed by atoms with Gasteiger partial charge in [-0.1, -0.05) is 6.92 Å². The zero-order valence-electron chi connectivity index (χ0n) is 9.29. The van der Waals surface area contributed by atoms with Gasteiger partial charge in [0.1, 0.15) is 0 Å². The standard InChI is InChI=1S/C10H21N3O/c1-4-9-6-5-7(2)13(9)8(3)10(14)12-11/h7-9H,4-6,11H2,1-3H3,(H,12,14). The smallest absolute Gasteiger partial charge is 0.250 e. The summed E-state index contributed by atoms with van der Waals surface area (Å²) in [5.41, 5.74) is 2.23. The summed E-state index contributed by atoms with van der Waals surface area (Å²) in [5.74, 6) is 5.06. The molecule has 0 saturated carbocycles. The predicted octanol–water partition coefficient (Wildman–Crippen LogP) is 0.628. The molecule has 1 fully saturated rings. The monoisotopic (exact) mass is 199 g/mol. The lowest BCUT2D eigenvalue weighted by Crippen LogP contribution is -2.51. The van der Waals surface area contributed by atoms with Gasteiger partial charge in [-0.15, -0.1) is 0 Å². The number of hydrazine groups is 1. The third kappa shape index (κ3) is 2.07.